The number of nitriles is 1. The van der Waals surface area contributed by atoms with Crippen LogP contribution in [-0.2, 0) is 0 Å². The summed E-state index contributed by atoms with van der Waals surface area (Å²) in [6.07, 6.45) is 5.49. The molecule has 0 bridgehead atoms. The minimum atomic E-state index is 0.450. The monoisotopic (exact) mass is 377 g/mol. The van der Waals surface area contributed by atoms with Gasteiger partial charge in [0.2, 0.25) is 5.95 Å². The number of thioether (sulfide) groups is 1. The molecule has 0 atom stereocenters. The van der Waals surface area contributed by atoms with Gasteiger partial charge in [0.05, 0.1) is 16.4 Å². The highest BCUT2D eigenvalue weighted by Crippen LogP contribution is 2.43. The fourth-order valence-electron chi connectivity index (χ4n) is 2.39. The molecule has 0 aliphatic carbocycles. The van der Waals surface area contributed by atoms with Gasteiger partial charge in [-0.05, 0) is 24.4 Å². The quantitative estimate of drug-likeness (QED) is 0.544. The lowest BCUT2D eigenvalue weighted by Crippen LogP contribution is -2.11. The Bertz CT molecular complexity index is 916. The molecule has 2 aromatic rings. The molecule has 1 aliphatic rings. The van der Waals surface area contributed by atoms with Crippen LogP contribution < -0.4 is 21.7 Å². The van der Waals surface area contributed by atoms with Crippen molar-refractivity contribution in [2.45, 2.75) is 11.3 Å². The van der Waals surface area contributed by atoms with E-state index in [0.29, 0.717) is 35.9 Å². The van der Waals surface area contributed by atoms with E-state index in [1.54, 1.807) is 24.7 Å². The molecule has 1 aromatic heterocycles. The van der Waals surface area contributed by atoms with E-state index in [9.17, 15) is 5.26 Å². The second-order valence-electron chi connectivity index (χ2n) is 5.57. The number of fused-ring (bicyclic) bond motifs is 1. The van der Waals surface area contributed by atoms with Gasteiger partial charge in [0.25, 0.3) is 0 Å². The molecule has 1 aromatic carbocycles. The van der Waals surface area contributed by atoms with Crippen LogP contribution in [0.15, 0.2) is 71.1 Å². The summed E-state index contributed by atoms with van der Waals surface area (Å²) in [7, 11) is 0. The zero-order chi connectivity index (χ0) is 19.1. The van der Waals surface area contributed by atoms with Gasteiger partial charge in [-0.2, -0.15) is 5.26 Å². The second-order valence-corrected chi connectivity index (χ2v) is 6.62. The van der Waals surface area contributed by atoms with Gasteiger partial charge >= 0.3 is 0 Å². The molecule has 1 aliphatic heterocycles. The molecular formula is C19H19N7S. The minimum absolute atomic E-state index is 0.450. The lowest BCUT2D eigenvalue weighted by atomic mass is 10.2. The van der Waals surface area contributed by atoms with E-state index in [4.69, 9.17) is 5.73 Å². The summed E-state index contributed by atoms with van der Waals surface area (Å²) in [5.74, 6) is 0.450. The number of nitrogens with zero attached hydrogens (tertiary/aromatic N) is 3. The van der Waals surface area contributed by atoms with E-state index in [-0.39, 0.29) is 0 Å². The lowest BCUT2D eigenvalue weighted by molar-refractivity contribution is 0.935. The fraction of sp³-hybridized carbons (Fsp3) is 0.105. The molecule has 0 fully saturated rings. The molecular weight excluding hydrogens is 358 g/mol. The van der Waals surface area contributed by atoms with Gasteiger partial charge in [-0.3, -0.25) is 0 Å². The van der Waals surface area contributed by atoms with Crippen LogP contribution in [0.5, 0.6) is 0 Å². The molecule has 0 saturated carbocycles. The van der Waals surface area contributed by atoms with Gasteiger partial charge in [0.1, 0.15) is 11.6 Å². The molecule has 0 amide bonds. The summed E-state index contributed by atoms with van der Waals surface area (Å²) in [6, 6.07) is 11.9. The van der Waals surface area contributed by atoms with Gasteiger partial charge in [0, 0.05) is 36.0 Å². The lowest BCUT2D eigenvalue weighted by Gasteiger charge is -2.08. The van der Waals surface area contributed by atoms with E-state index >= 15 is 0 Å². The summed E-state index contributed by atoms with van der Waals surface area (Å²) in [6.45, 7) is 4.13. The van der Waals surface area contributed by atoms with Crippen LogP contribution in [0.25, 0.3) is 5.57 Å². The van der Waals surface area contributed by atoms with Crippen molar-refractivity contribution in [3.63, 3.8) is 0 Å². The third-order valence-electron chi connectivity index (χ3n) is 3.68. The van der Waals surface area contributed by atoms with E-state index in [0.717, 1.165) is 15.6 Å². The summed E-state index contributed by atoms with van der Waals surface area (Å²) in [4.78, 5) is 9.76. The van der Waals surface area contributed by atoms with Crippen molar-refractivity contribution in [1.29, 1.82) is 5.26 Å². The Morgan fingerprint density at radius 1 is 1.37 bits per heavy atom. The van der Waals surface area contributed by atoms with Crippen LogP contribution in [0.4, 0.5) is 11.6 Å². The second kappa shape index (κ2) is 8.78. The Balaban J connectivity index is 1.72. The Labute approximate surface area is 162 Å². The van der Waals surface area contributed by atoms with E-state index in [1.807, 2.05) is 24.3 Å². The maximum atomic E-state index is 9.66. The maximum Gasteiger partial charge on any atom is 0.223 e. The Morgan fingerprint density at radius 2 is 2.22 bits per heavy atom. The van der Waals surface area contributed by atoms with Crippen LogP contribution in [0.1, 0.15) is 12.1 Å². The summed E-state index contributed by atoms with van der Waals surface area (Å²) in [5.41, 5.74) is 8.58. The molecule has 3 rings (SSSR count). The zero-order valence-electron chi connectivity index (χ0n) is 14.6. The topological polar surface area (TPSA) is 112 Å². The minimum Gasteiger partial charge on any atom is -0.401 e. The molecule has 5 N–H and O–H groups in total. The highest BCUT2D eigenvalue weighted by molar-refractivity contribution is 8.04. The van der Waals surface area contributed by atoms with Gasteiger partial charge in [0.15, 0.2) is 0 Å². The Morgan fingerprint density at radius 3 is 3.00 bits per heavy atom. The third-order valence-corrected chi connectivity index (χ3v) is 4.77. The summed E-state index contributed by atoms with van der Waals surface area (Å²) >= 11 is 1.53. The normalized spacial score (nSPS) is 14.6. The first kappa shape index (κ1) is 18.4. The van der Waals surface area contributed by atoms with Crippen molar-refractivity contribution in [2.24, 2.45) is 5.73 Å². The first-order valence-electron chi connectivity index (χ1n) is 8.28. The number of allylic oxidation sites excluding steroid dienone is 1. The molecule has 0 radical (unpaired) electrons. The Hall–Kier alpha value is -3.44. The zero-order valence-corrected chi connectivity index (χ0v) is 15.4. The van der Waals surface area contributed by atoms with Crippen molar-refractivity contribution in [1.82, 2.24) is 15.3 Å². The van der Waals surface area contributed by atoms with Crippen LogP contribution in [0.2, 0.25) is 0 Å². The van der Waals surface area contributed by atoms with Gasteiger partial charge in [-0.25, -0.2) is 9.97 Å². The maximum absolute atomic E-state index is 9.66. The highest BCUT2D eigenvalue weighted by atomic mass is 32.2. The fourth-order valence-corrected chi connectivity index (χ4v) is 3.40. The van der Waals surface area contributed by atoms with Crippen molar-refractivity contribution in [3.8, 4) is 6.07 Å². The van der Waals surface area contributed by atoms with E-state index in [1.165, 1.54) is 11.8 Å². The van der Waals surface area contributed by atoms with Crippen molar-refractivity contribution in [3.05, 3.63) is 71.9 Å². The molecule has 0 unspecified atom stereocenters. The van der Waals surface area contributed by atoms with Crippen molar-refractivity contribution < 1.29 is 0 Å². The predicted octanol–water partition coefficient (Wildman–Crippen LogP) is 3.22. The van der Waals surface area contributed by atoms with Gasteiger partial charge in [-0.1, -0.05) is 30.5 Å². The molecule has 2 heterocycles. The molecule has 0 saturated heterocycles. The number of benzene rings is 1. The third kappa shape index (κ3) is 4.59. The van der Waals surface area contributed by atoms with Crippen LogP contribution in [-0.4, -0.2) is 16.5 Å². The number of anilines is 2. The van der Waals surface area contributed by atoms with Gasteiger partial charge in [-0.15, -0.1) is 0 Å². The number of rotatable bonds is 7. The van der Waals surface area contributed by atoms with E-state index in [2.05, 4.69) is 38.6 Å². The molecule has 27 heavy (non-hydrogen) atoms. The van der Waals surface area contributed by atoms with Crippen LogP contribution in [0.3, 0.4) is 0 Å². The molecule has 8 heteroatoms. The SMILES string of the molecule is C=CN/C=C(\N)CCNc1nccc(/C(C#N)=C2\Nc3ccccc3S2)n1. The summed E-state index contributed by atoms with van der Waals surface area (Å²) < 4.78 is 0. The number of hydrogen-bond acceptors (Lipinski definition) is 8. The molecule has 136 valence electrons. The number of nitrogens with two attached hydrogens (primary N) is 1. The average Bonchev–Trinajstić information content (AvgIpc) is 3.11. The number of para-hydroxylation sites is 1. The van der Waals surface area contributed by atoms with Crippen LogP contribution in [0, 0.1) is 11.3 Å². The van der Waals surface area contributed by atoms with Crippen molar-refractivity contribution in [2.75, 3.05) is 17.2 Å². The molecule has 7 nitrogen and oxygen atoms in total. The standard InChI is InChI=1S/C19H19N7S/c1-2-22-12-13(21)7-9-23-19-24-10-8-15(26-19)14(11-20)18-25-16-5-3-4-6-17(16)27-18/h2-6,8,10,12,22,25H,1,7,9,21H2,(H,23,24,26)/b13-12-,18-14+. The Kier molecular flexibility index (Phi) is 5.97. The number of hydrogen-bond donors (Lipinski definition) is 4. The highest BCUT2D eigenvalue weighted by Gasteiger charge is 2.20. The largest absolute Gasteiger partial charge is 0.401 e. The van der Waals surface area contributed by atoms with Gasteiger partial charge < -0.3 is 21.7 Å². The van der Waals surface area contributed by atoms with Crippen LogP contribution >= 0.6 is 11.8 Å². The van der Waals surface area contributed by atoms with Crippen molar-refractivity contribution >= 4 is 29.0 Å². The first-order chi connectivity index (χ1) is 13.2. The smallest absolute Gasteiger partial charge is 0.223 e. The average molecular weight is 377 g/mol. The first-order valence-corrected chi connectivity index (χ1v) is 9.10. The summed E-state index contributed by atoms with van der Waals surface area (Å²) in [5, 5.41) is 19.7. The molecule has 0 spiro atoms. The van der Waals surface area contributed by atoms with E-state index < -0.39 is 0 Å². The number of nitrogens with one attached hydrogen (secondary N) is 3. The number of aromatic nitrogens is 2. The predicted molar refractivity (Wildman–Crippen MR) is 109 cm³/mol.